The number of rotatable bonds is 7. The number of nitrogens with one attached hydrogen (secondary N) is 1. The normalized spacial score (nSPS) is 10.4. The van der Waals surface area contributed by atoms with E-state index < -0.39 is 11.9 Å². The quantitative estimate of drug-likeness (QED) is 0.583. The van der Waals surface area contributed by atoms with E-state index >= 15 is 0 Å². The van der Waals surface area contributed by atoms with Gasteiger partial charge in [0.2, 0.25) is 0 Å². The molecule has 0 unspecified atom stereocenters. The zero-order valence-electron chi connectivity index (χ0n) is 16.5. The lowest BCUT2D eigenvalue weighted by Crippen LogP contribution is -2.21. The summed E-state index contributed by atoms with van der Waals surface area (Å²) in [6, 6.07) is 12.4. The third kappa shape index (κ3) is 5.89. The van der Waals surface area contributed by atoms with E-state index in [1.54, 1.807) is 35.6 Å². The van der Waals surface area contributed by atoms with E-state index in [1.807, 2.05) is 44.4 Å². The smallest absolute Gasteiger partial charge is 0.338 e. The summed E-state index contributed by atoms with van der Waals surface area (Å²) >= 11 is 1.56. The summed E-state index contributed by atoms with van der Waals surface area (Å²) in [6.45, 7) is 5.73. The van der Waals surface area contributed by atoms with Gasteiger partial charge >= 0.3 is 5.97 Å². The van der Waals surface area contributed by atoms with Gasteiger partial charge in [0.15, 0.2) is 6.61 Å². The molecular weight excluding hydrogens is 388 g/mol. The van der Waals surface area contributed by atoms with Crippen molar-refractivity contribution < 1.29 is 19.1 Å². The predicted molar refractivity (Wildman–Crippen MR) is 112 cm³/mol. The highest BCUT2D eigenvalue weighted by Gasteiger charge is 2.12. The van der Waals surface area contributed by atoms with E-state index in [2.05, 4.69) is 10.3 Å². The number of carbonyl (C=O) groups is 2. The molecule has 0 spiro atoms. The molecule has 1 amide bonds. The molecular formula is C22H22N2O4S. The average Bonchev–Trinajstić information content (AvgIpc) is 3.13. The fourth-order valence-electron chi connectivity index (χ4n) is 2.62. The molecule has 6 nitrogen and oxygen atoms in total. The number of carbonyl (C=O) groups excluding carboxylic acids is 2. The van der Waals surface area contributed by atoms with Crippen molar-refractivity contribution in [1.82, 2.24) is 4.98 Å². The first-order valence-electron chi connectivity index (χ1n) is 9.09. The maximum atomic E-state index is 12.3. The molecule has 29 heavy (non-hydrogen) atoms. The minimum atomic E-state index is -0.587. The van der Waals surface area contributed by atoms with E-state index in [1.165, 1.54) is 0 Å². The second kappa shape index (κ2) is 9.34. The molecule has 1 heterocycles. The van der Waals surface area contributed by atoms with Gasteiger partial charge in [-0.3, -0.25) is 4.79 Å². The number of nitrogens with zero attached hydrogens (tertiary/aromatic N) is 1. The molecule has 0 atom stereocenters. The minimum Gasteiger partial charge on any atom is -0.487 e. The number of esters is 1. The minimum absolute atomic E-state index is 0.316. The molecule has 0 saturated heterocycles. The first kappa shape index (κ1) is 20.5. The van der Waals surface area contributed by atoms with Gasteiger partial charge in [0, 0.05) is 11.1 Å². The zero-order chi connectivity index (χ0) is 20.8. The van der Waals surface area contributed by atoms with Gasteiger partial charge in [0.05, 0.1) is 16.3 Å². The number of hydrogen-bond acceptors (Lipinski definition) is 6. The fourth-order valence-corrected chi connectivity index (χ4v) is 3.21. The third-order valence-corrected chi connectivity index (χ3v) is 4.95. The number of thiazole rings is 1. The van der Waals surface area contributed by atoms with Gasteiger partial charge in [-0.1, -0.05) is 18.2 Å². The van der Waals surface area contributed by atoms with Crippen LogP contribution >= 0.6 is 11.3 Å². The topological polar surface area (TPSA) is 77.5 Å². The van der Waals surface area contributed by atoms with Gasteiger partial charge < -0.3 is 14.8 Å². The molecule has 0 radical (unpaired) electrons. The fraction of sp³-hybridized carbons (Fsp3) is 0.227. The van der Waals surface area contributed by atoms with Crippen LogP contribution in [0.3, 0.4) is 0 Å². The second-order valence-electron chi connectivity index (χ2n) is 6.62. The SMILES string of the molecule is Cc1ccc(C)c(NC(=O)COC(=O)c2cccc(OCc3csc(C)n3)c2)c1. The van der Waals surface area contributed by atoms with Crippen molar-refractivity contribution in [2.45, 2.75) is 27.4 Å². The van der Waals surface area contributed by atoms with E-state index in [4.69, 9.17) is 9.47 Å². The first-order chi connectivity index (χ1) is 13.9. The molecule has 1 N–H and O–H groups in total. The summed E-state index contributed by atoms with van der Waals surface area (Å²) in [7, 11) is 0. The summed E-state index contributed by atoms with van der Waals surface area (Å²) < 4.78 is 10.8. The van der Waals surface area contributed by atoms with Crippen LogP contribution in [-0.4, -0.2) is 23.5 Å². The highest BCUT2D eigenvalue weighted by molar-refractivity contribution is 7.09. The van der Waals surface area contributed by atoms with Crippen molar-refractivity contribution in [3.63, 3.8) is 0 Å². The van der Waals surface area contributed by atoms with Crippen LogP contribution in [0.2, 0.25) is 0 Å². The van der Waals surface area contributed by atoms with Gasteiger partial charge in [0.1, 0.15) is 12.4 Å². The lowest BCUT2D eigenvalue weighted by atomic mass is 10.1. The Bertz CT molecular complexity index is 1030. The Morgan fingerprint density at radius 3 is 2.69 bits per heavy atom. The molecule has 1 aromatic heterocycles. The first-order valence-corrected chi connectivity index (χ1v) is 9.97. The Kier molecular flexibility index (Phi) is 6.61. The molecule has 0 fully saturated rings. The maximum absolute atomic E-state index is 12.3. The number of ether oxygens (including phenoxy) is 2. The third-order valence-electron chi connectivity index (χ3n) is 4.12. The van der Waals surface area contributed by atoms with Crippen LogP contribution in [0.15, 0.2) is 47.8 Å². The molecule has 3 rings (SSSR count). The van der Waals surface area contributed by atoms with Crippen LogP contribution in [-0.2, 0) is 16.1 Å². The number of amides is 1. The van der Waals surface area contributed by atoms with Crippen LogP contribution < -0.4 is 10.1 Å². The second-order valence-corrected chi connectivity index (χ2v) is 7.68. The van der Waals surface area contributed by atoms with Crippen molar-refractivity contribution in [3.8, 4) is 5.75 Å². The molecule has 150 valence electrons. The molecule has 0 aliphatic rings. The Labute approximate surface area is 173 Å². The molecule has 2 aromatic carbocycles. The average molecular weight is 410 g/mol. The largest absolute Gasteiger partial charge is 0.487 e. The van der Waals surface area contributed by atoms with E-state index in [-0.39, 0.29) is 6.61 Å². The van der Waals surface area contributed by atoms with Crippen molar-refractivity contribution in [2.75, 3.05) is 11.9 Å². The standard InChI is InChI=1S/C22H22N2O4S/c1-14-7-8-15(2)20(9-14)24-21(25)12-28-22(26)17-5-4-6-19(10-17)27-11-18-13-29-16(3)23-18/h4-10,13H,11-12H2,1-3H3,(H,24,25). The molecule has 0 aliphatic heterocycles. The number of anilines is 1. The Hall–Kier alpha value is -3.19. The highest BCUT2D eigenvalue weighted by atomic mass is 32.1. The zero-order valence-corrected chi connectivity index (χ0v) is 17.3. The summed E-state index contributed by atoms with van der Waals surface area (Å²) in [5.74, 6) is -0.445. The molecule has 0 saturated carbocycles. The number of benzene rings is 2. The van der Waals surface area contributed by atoms with Crippen LogP contribution in [0, 0.1) is 20.8 Å². The molecule has 3 aromatic rings. The number of aromatic nitrogens is 1. The van der Waals surface area contributed by atoms with Gasteiger partial charge in [-0.05, 0) is 56.2 Å². The van der Waals surface area contributed by atoms with Gasteiger partial charge in [-0.2, -0.15) is 0 Å². The van der Waals surface area contributed by atoms with Crippen molar-refractivity contribution in [1.29, 1.82) is 0 Å². The monoisotopic (exact) mass is 410 g/mol. The summed E-state index contributed by atoms with van der Waals surface area (Å²) in [5.41, 5.74) is 3.83. The van der Waals surface area contributed by atoms with Crippen molar-refractivity contribution in [2.24, 2.45) is 0 Å². The lowest BCUT2D eigenvalue weighted by Gasteiger charge is -2.10. The van der Waals surface area contributed by atoms with E-state index in [0.29, 0.717) is 23.6 Å². The molecule has 0 aliphatic carbocycles. The Morgan fingerprint density at radius 2 is 1.93 bits per heavy atom. The van der Waals surface area contributed by atoms with Crippen molar-refractivity contribution >= 4 is 28.9 Å². The maximum Gasteiger partial charge on any atom is 0.338 e. The number of hydrogen-bond donors (Lipinski definition) is 1. The van der Waals surface area contributed by atoms with E-state index in [0.717, 1.165) is 21.8 Å². The van der Waals surface area contributed by atoms with Gasteiger partial charge in [-0.25, -0.2) is 9.78 Å². The van der Waals surface area contributed by atoms with Crippen LogP contribution in [0.25, 0.3) is 0 Å². The Morgan fingerprint density at radius 1 is 1.10 bits per heavy atom. The number of aryl methyl sites for hydroxylation is 3. The van der Waals surface area contributed by atoms with E-state index in [9.17, 15) is 9.59 Å². The summed E-state index contributed by atoms with van der Waals surface area (Å²) in [6.07, 6.45) is 0. The highest BCUT2D eigenvalue weighted by Crippen LogP contribution is 2.18. The van der Waals surface area contributed by atoms with Gasteiger partial charge in [0.25, 0.3) is 5.91 Å². The van der Waals surface area contributed by atoms with Crippen molar-refractivity contribution in [3.05, 3.63) is 75.2 Å². The van der Waals surface area contributed by atoms with Crippen LogP contribution in [0.1, 0.15) is 32.2 Å². The molecule has 7 heteroatoms. The predicted octanol–water partition coefficient (Wildman–Crippen LogP) is 4.44. The molecule has 0 bridgehead atoms. The van der Waals surface area contributed by atoms with Crippen LogP contribution in [0.5, 0.6) is 5.75 Å². The van der Waals surface area contributed by atoms with Gasteiger partial charge in [-0.15, -0.1) is 11.3 Å². The van der Waals surface area contributed by atoms with Crippen LogP contribution in [0.4, 0.5) is 5.69 Å². The summed E-state index contributed by atoms with van der Waals surface area (Å²) in [5, 5.41) is 5.67. The Balaban J connectivity index is 1.53. The lowest BCUT2D eigenvalue weighted by molar-refractivity contribution is -0.119. The summed E-state index contributed by atoms with van der Waals surface area (Å²) in [4.78, 5) is 28.7.